The first-order chi connectivity index (χ1) is 35.8. The molecule has 15 atom stereocenters. The van der Waals surface area contributed by atoms with Crippen LogP contribution in [-0.4, -0.2) is 204 Å². The third-order valence-corrected chi connectivity index (χ3v) is 11.8. The predicted octanol–water partition coefficient (Wildman–Crippen LogP) is -7.81. The molecule has 0 radical (unpaired) electrons. The molecule has 30 heteroatoms. The summed E-state index contributed by atoms with van der Waals surface area (Å²) in [5.74, 6) is -14.4. The van der Waals surface area contributed by atoms with Crippen molar-refractivity contribution in [3.05, 3.63) is 29.8 Å². The summed E-state index contributed by atoms with van der Waals surface area (Å²) in [6.45, 7) is 8.79. The average Bonchev–Trinajstić information content (AvgIpc) is 3.34. The minimum absolute atomic E-state index is 0.0106. The zero-order chi connectivity index (χ0) is 59.2. The van der Waals surface area contributed by atoms with Gasteiger partial charge in [0, 0.05) is 6.42 Å². The molecule has 0 unspecified atom stereocenters. The van der Waals surface area contributed by atoms with Gasteiger partial charge in [-0.15, -0.1) is 0 Å². The second kappa shape index (κ2) is 32.5. The first kappa shape index (κ1) is 67.9. The van der Waals surface area contributed by atoms with Gasteiger partial charge < -0.3 is 100 Å². The van der Waals surface area contributed by atoms with Gasteiger partial charge in [0.1, 0.15) is 66.2 Å². The largest absolute Gasteiger partial charge is 0.508 e. The molecular formula is C47H77N11O19. The van der Waals surface area contributed by atoms with Crippen molar-refractivity contribution in [3.8, 4) is 5.75 Å². The Morgan fingerprint density at radius 2 is 0.831 bits per heavy atom. The number of carbonyl (C=O) groups excluding carboxylic acids is 10. The summed E-state index contributed by atoms with van der Waals surface area (Å²) >= 11 is 0. The fourth-order valence-corrected chi connectivity index (χ4v) is 7.09. The molecule has 1 rings (SSSR count). The number of phenolic OH excluding ortho intramolecular Hbond substituents is 1. The van der Waals surface area contributed by atoms with Crippen molar-refractivity contribution in [2.24, 2.45) is 23.3 Å². The number of hydrogen-bond donors (Lipinski definition) is 19. The summed E-state index contributed by atoms with van der Waals surface area (Å²) in [6, 6.07) is -12.1. The van der Waals surface area contributed by atoms with Crippen LogP contribution in [0.2, 0.25) is 0 Å². The van der Waals surface area contributed by atoms with Gasteiger partial charge in [-0.05, 0) is 63.6 Å². The molecule has 77 heavy (non-hydrogen) atoms. The molecule has 0 heterocycles. The van der Waals surface area contributed by atoms with Crippen LogP contribution in [-0.2, 0) is 59.2 Å². The van der Waals surface area contributed by atoms with E-state index in [2.05, 4.69) is 47.9 Å². The van der Waals surface area contributed by atoms with Crippen LogP contribution in [0.3, 0.4) is 0 Å². The van der Waals surface area contributed by atoms with Crippen molar-refractivity contribution in [2.45, 2.75) is 166 Å². The van der Waals surface area contributed by atoms with E-state index in [1.165, 1.54) is 31.2 Å². The maximum Gasteiger partial charge on any atom is 0.326 e. The second-order valence-corrected chi connectivity index (χ2v) is 19.0. The number of aromatic hydroxyl groups is 1. The summed E-state index contributed by atoms with van der Waals surface area (Å²) < 4.78 is 0. The van der Waals surface area contributed by atoms with Gasteiger partial charge >= 0.3 is 5.97 Å². The van der Waals surface area contributed by atoms with Gasteiger partial charge in [-0.1, -0.05) is 46.2 Å². The Morgan fingerprint density at radius 3 is 1.21 bits per heavy atom. The van der Waals surface area contributed by atoms with Crippen LogP contribution in [0.4, 0.5) is 0 Å². The summed E-state index contributed by atoms with van der Waals surface area (Å²) in [5, 5.41) is 101. The highest BCUT2D eigenvalue weighted by Gasteiger charge is 2.40. The number of carboxylic acid groups (broad SMARTS) is 1. The Hall–Kier alpha value is -7.09. The molecule has 0 aliphatic rings. The number of rotatable bonds is 33. The third kappa shape index (κ3) is 22.6. The van der Waals surface area contributed by atoms with E-state index in [-0.39, 0.29) is 30.9 Å². The molecule has 0 bridgehead atoms. The van der Waals surface area contributed by atoms with E-state index < -0.39 is 175 Å². The van der Waals surface area contributed by atoms with Gasteiger partial charge in [-0.2, -0.15) is 0 Å². The van der Waals surface area contributed by atoms with E-state index in [4.69, 9.17) is 11.5 Å². The fourth-order valence-electron chi connectivity index (χ4n) is 7.09. The minimum Gasteiger partial charge on any atom is -0.508 e. The Balaban J connectivity index is 3.37. The van der Waals surface area contributed by atoms with E-state index in [1.807, 2.05) is 0 Å². The number of phenols is 1. The predicted molar refractivity (Wildman–Crippen MR) is 268 cm³/mol. The molecular weight excluding hydrogens is 1020 g/mol. The molecule has 21 N–H and O–H groups in total. The van der Waals surface area contributed by atoms with E-state index in [0.29, 0.717) is 5.56 Å². The zero-order valence-electron chi connectivity index (χ0n) is 44.0. The van der Waals surface area contributed by atoms with Crippen LogP contribution in [0.15, 0.2) is 24.3 Å². The SMILES string of the molecule is CC[C@H](C)[C@H](NC(=O)[C@@H](NC(=O)[C@H](CC(N)=O)NC(=O)[C@H](Cc1ccc(O)cc1)NC(=O)[C@@H](N)CO)[C@@H](C)O)C(=O)N[C@H](C(=O)N[C@H](C(=O)N[C@H](C(=O)N[C@@H](CO)C(=O)N[C@@H](CC(C)C)C(=O)O)[C@@H](C)O)[C@@H](C)O)[C@@H](C)O. The maximum absolute atomic E-state index is 14.0. The molecule has 0 aliphatic carbocycles. The standard InChI is InChI=1S/C47H77N11O19/c1-9-20(4)33(54-44(73)35(22(6)62)55-40(69)29(16-32(49)66)51-39(68)28(50-38(67)27(48)17-59)15-25-10-12-26(65)13-11-25)42(71)56-36(23(7)63)45(74)58-37(24(8)64)46(75)57-34(21(5)61)43(72)53-31(18-60)41(70)52-30(47(76)77)14-19(2)3/h10-13,19-24,27-31,33-37,59-65H,9,14-18,48H2,1-8H3,(H2,49,66)(H,50,67)(H,51,68)(H,52,70)(H,53,72)(H,54,73)(H,55,69)(H,56,71)(H,57,75)(H,58,74)(H,76,77)/t20-,21+,22+,23+,24+,27-,28-,29-,30-,31-,33-,34-,35-,36-,37-/m0/s1. The van der Waals surface area contributed by atoms with Crippen molar-refractivity contribution in [3.63, 3.8) is 0 Å². The molecule has 0 saturated carbocycles. The second-order valence-electron chi connectivity index (χ2n) is 19.0. The van der Waals surface area contributed by atoms with Gasteiger partial charge in [0.25, 0.3) is 0 Å². The summed E-state index contributed by atoms with van der Waals surface area (Å²) in [6.07, 6.45) is -8.07. The molecule has 0 aliphatic heterocycles. The van der Waals surface area contributed by atoms with Crippen molar-refractivity contribution < 1.29 is 93.6 Å². The maximum atomic E-state index is 14.0. The molecule has 0 fully saturated rings. The number of hydrogen-bond acceptors (Lipinski definition) is 19. The number of nitrogens with two attached hydrogens (primary N) is 2. The van der Waals surface area contributed by atoms with Crippen LogP contribution in [0.1, 0.15) is 80.2 Å². The highest BCUT2D eigenvalue weighted by molar-refractivity contribution is 5.99. The molecule has 0 spiro atoms. The first-order valence-electron chi connectivity index (χ1n) is 24.5. The number of primary amides is 1. The zero-order valence-corrected chi connectivity index (χ0v) is 44.0. The Labute approximate surface area is 443 Å². The number of amides is 10. The van der Waals surface area contributed by atoms with E-state index in [0.717, 1.165) is 27.7 Å². The summed E-state index contributed by atoms with van der Waals surface area (Å²) in [5.41, 5.74) is 11.4. The fraction of sp³-hybridized carbons (Fsp3) is 0.638. The molecule has 0 aromatic heterocycles. The van der Waals surface area contributed by atoms with Crippen LogP contribution in [0, 0.1) is 11.8 Å². The Morgan fingerprint density at radius 1 is 0.481 bits per heavy atom. The van der Waals surface area contributed by atoms with Crippen molar-refractivity contribution in [1.82, 2.24) is 47.9 Å². The number of carboxylic acids is 1. The smallest absolute Gasteiger partial charge is 0.326 e. The van der Waals surface area contributed by atoms with Crippen LogP contribution < -0.4 is 59.3 Å². The van der Waals surface area contributed by atoms with Crippen molar-refractivity contribution in [1.29, 1.82) is 0 Å². The molecule has 0 saturated heterocycles. The molecule has 30 nitrogen and oxygen atoms in total. The molecule has 434 valence electrons. The van der Waals surface area contributed by atoms with Crippen LogP contribution in [0.5, 0.6) is 5.75 Å². The number of carbonyl (C=O) groups is 11. The topological polar surface area (TPSA) is 510 Å². The number of aliphatic hydroxyl groups is 6. The van der Waals surface area contributed by atoms with Crippen molar-refractivity contribution in [2.75, 3.05) is 13.2 Å². The minimum atomic E-state index is -1.99. The van der Waals surface area contributed by atoms with Crippen LogP contribution in [0.25, 0.3) is 0 Å². The van der Waals surface area contributed by atoms with Gasteiger partial charge in [0.05, 0.1) is 44.1 Å². The number of nitrogens with one attached hydrogen (secondary N) is 9. The lowest BCUT2D eigenvalue weighted by atomic mass is 9.96. The lowest BCUT2D eigenvalue weighted by Crippen LogP contribution is -2.65. The Bertz CT molecular complexity index is 2200. The first-order valence-corrected chi connectivity index (χ1v) is 24.5. The van der Waals surface area contributed by atoms with Gasteiger partial charge in [-0.3, -0.25) is 47.9 Å². The number of aliphatic hydroxyl groups excluding tert-OH is 6. The summed E-state index contributed by atoms with van der Waals surface area (Å²) in [7, 11) is 0. The van der Waals surface area contributed by atoms with Gasteiger partial charge in [0.15, 0.2) is 0 Å². The number of aliphatic carboxylic acids is 1. The molecule has 10 amide bonds. The average molecular weight is 1100 g/mol. The molecule has 1 aromatic rings. The van der Waals surface area contributed by atoms with E-state index in [1.54, 1.807) is 20.8 Å². The third-order valence-electron chi connectivity index (χ3n) is 11.8. The molecule has 1 aromatic carbocycles. The quantitative estimate of drug-likeness (QED) is 0.0311. The lowest BCUT2D eigenvalue weighted by molar-refractivity contribution is -0.143. The normalized spacial score (nSPS) is 17.1. The highest BCUT2D eigenvalue weighted by atomic mass is 16.4. The van der Waals surface area contributed by atoms with Gasteiger partial charge in [0.2, 0.25) is 59.1 Å². The van der Waals surface area contributed by atoms with E-state index >= 15 is 0 Å². The number of benzene rings is 1. The summed E-state index contributed by atoms with van der Waals surface area (Å²) in [4.78, 5) is 145. The van der Waals surface area contributed by atoms with E-state index in [9.17, 15) is 93.6 Å². The van der Waals surface area contributed by atoms with Gasteiger partial charge in [-0.25, -0.2) is 4.79 Å². The Kier molecular flexibility index (Phi) is 28.7. The lowest BCUT2D eigenvalue weighted by Gasteiger charge is -2.31. The van der Waals surface area contributed by atoms with Crippen LogP contribution >= 0.6 is 0 Å². The van der Waals surface area contributed by atoms with Crippen molar-refractivity contribution >= 4 is 65.0 Å². The highest BCUT2D eigenvalue weighted by Crippen LogP contribution is 2.14. The monoisotopic (exact) mass is 1100 g/mol.